The first-order valence-corrected chi connectivity index (χ1v) is 6.19. The van der Waals surface area contributed by atoms with Crippen LogP contribution in [0, 0.1) is 5.82 Å². The lowest BCUT2D eigenvalue weighted by Gasteiger charge is -2.13. The summed E-state index contributed by atoms with van der Waals surface area (Å²) in [6.45, 7) is 3.28. The second kappa shape index (κ2) is 7.22. The molecule has 21 heavy (non-hydrogen) atoms. The predicted octanol–water partition coefficient (Wildman–Crippen LogP) is 0.799. The first kappa shape index (κ1) is 16.4. The molecule has 3 amide bonds. The van der Waals surface area contributed by atoms with Gasteiger partial charge in [0.05, 0.1) is 5.56 Å². The summed E-state index contributed by atoms with van der Waals surface area (Å²) in [7, 11) is 0. The maximum atomic E-state index is 13.5. The summed E-state index contributed by atoms with van der Waals surface area (Å²) in [4.78, 5) is 34.4. The molecule has 0 saturated carbocycles. The van der Waals surface area contributed by atoms with Crippen LogP contribution in [0.15, 0.2) is 18.2 Å². The van der Waals surface area contributed by atoms with Crippen molar-refractivity contribution in [2.24, 2.45) is 0 Å². The summed E-state index contributed by atoms with van der Waals surface area (Å²) in [5.74, 6) is -2.69. The van der Waals surface area contributed by atoms with E-state index in [2.05, 4.69) is 5.32 Å². The molecule has 1 aromatic carbocycles. The number of carbonyl (C=O) groups is 3. The van der Waals surface area contributed by atoms with Crippen LogP contribution in [-0.4, -0.2) is 30.6 Å². The summed E-state index contributed by atoms with van der Waals surface area (Å²) in [6.07, 6.45) is -1.25. The highest BCUT2D eigenvalue weighted by Crippen LogP contribution is 2.13. The second-order valence-electron chi connectivity index (χ2n) is 4.14. The Morgan fingerprint density at radius 3 is 2.62 bits per heavy atom. The SMILES string of the molecule is CCNC(=O)NC(=O)C(C)OC(=O)c1ccc(N)cc1F. The highest BCUT2D eigenvalue weighted by Gasteiger charge is 2.22. The van der Waals surface area contributed by atoms with Gasteiger partial charge in [-0.15, -0.1) is 0 Å². The fourth-order valence-corrected chi connectivity index (χ4v) is 1.39. The predicted molar refractivity (Wildman–Crippen MR) is 72.9 cm³/mol. The number of rotatable bonds is 4. The van der Waals surface area contributed by atoms with E-state index >= 15 is 0 Å². The highest BCUT2D eigenvalue weighted by molar-refractivity contribution is 5.98. The van der Waals surface area contributed by atoms with Crippen molar-refractivity contribution in [1.29, 1.82) is 0 Å². The molecule has 0 saturated heterocycles. The van der Waals surface area contributed by atoms with Crippen molar-refractivity contribution in [2.45, 2.75) is 20.0 Å². The lowest BCUT2D eigenvalue weighted by molar-refractivity contribution is -0.127. The van der Waals surface area contributed by atoms with Crippen LogP contribution in [0.25, 0.3) is 0 Å². The number of amides is 3. The molecular formula is C13H16FN3O4. The Morgan fingerprint density at radius 1 is 1.38 bits per heavy atom. The number of carbonyl (C=O) groups excluding carboxylic acids is 3. The maximum Gasteiger partial charge on any atom is 0.341 e. The zero-order valence-corrected chi connectivity index (χ0v) is 11.6. The summed E-state index contributed by atoms with van der Waals surface area (Å²) in [5.41, 5.74) is 5.17. The molecule has 0 bridgehead atoms. The van der Waals surface area contributed by atoms with Gasteiger partial charge in [0.1, 0.15) is 5.82 Å². The third kappa shape index (κ3) is 4.75. The van der Waals surface area contributed by atoms with Gasteiger partial charge in [-0.1, -0.05) is 0 Å². The molecule has 1 unspecified atom stereocenters. The molecule has 1 aromatic rings. The maximum absolute atomic E-state index is 13.5. The van der Waals surface area contributed by atoms with Crippen LogP contribution in [0.4, 0.5) is 14.9 Å². The van der Waals surface area contributed by atoms with E-state index < -0.39 is 29.8 Å². The number of nitrogens with two attached hydrogens (primary N) is 1. The molecule has 8 heteroatoms. The fraction of sp³-hybridized carbons (Fsp3) is 0.308. The molecule has 0 aliphatic rings. The summed E-state index contributed by atoms with van der Waals surface area (Å²) >= 11 is 0. The zero-order valence-electron chi connectivity index (χ0n) is 11.6. The van der Waals surface area contributed by atoms with Gasteiger partial charge >= 0.3 is 12.0 Å². The Balaban J connectivity index is 2.65. The van der Waals surface area contributed by atoms with Gasteiger partial charge in [0.15, 0.2) is 6.10 Å². The van der Waals surface area contributed by atoms with Crippen LogP contribution in [-0.2, 0) is 9.53 Å². The molecule has 4 N–H and O–H groups in total. The quantitative estimate of drug-likeness (QED) is 0.562. The van der Waals surface area contributed by atoms with Gasteiger partial charge in [-0.2, -0.15) is 0 Å². The number of hydrogen-bond acceptors (Lipinski definition) is 5. The molecule has 0 aliphatic carbocycles. The van der Waals surface area contributed by atoms with Crippen LogP contribution in [0.1, 0.15) is 24.2 Å². The van der Waals surface area contributed by atoms with Gasteiger partial charge in [-0.3, -0.25) is 10.1 Å². The standard InChI is InChI=1S/C13H16FN3O4/c1-3-16-13(20)17-11(18)7(2)21-12(19)9-5-4-8(15)6-10(9)14/h4-7H,3,15H2,1-2H3,(H2,16,17,18,20). The Hall–Kier alpha value is -2.64. The van der Waals surface area contributed by atoms with Gasteiger partial charge < -0.3 is 15.8 Å². The van der Waals surface area contributed by atoms with Crippen molar-refractivity contribution in [1.82, 2.24) is 10.6 Å². The summed E-state index contributed by atoms with van der Waals surface area (Å²) in [5, 5.41) is 4.33. The minimum Gasteiger partial charge on any atom is -0.449 e. The third-order valence-electron chi connectivity index (χ3n) is 2.44. The normalized spacial score (nSPS) is 11.4. The number of nitrogens with one attached hydrogen (secondary N) is 2. The average Bonchev–Trinajstić information content (AvgIpc) is 2.38. The van der Waals surface area contributed by atoms with Crippen LogP contribution >= 0.6 is 0 Å². The van der Waals surface area contributed by atoms with E-state index in [1.165, 1.54) is 13.0 Å². The Kier molecular flexibility index (Phi) is 5.65. The lowest BCUT2D eigenvalue weighted by Crippen LogP contribution is -2.44. The monoisotopic (exact) mass is 297 g/mol. The van der Waals surface area contributed by atoms with Crippen molar-refractivity contribution in [3.05, 3.63) is 29.6 Å². The van der Waals surface area contributed by atoms with Crippen molar-refractivity contribution in [2.75, 3.05) is 12.3 Å². The molecule has 114 valence electrons. The highest BCUT2D eigenvalue weighted by atomic mass is 19.1. The molecule has 7 nitrogen and oxygen atoms in total. The van der Waals surface area contributed by atoms with E-state index in [-0.39, 0.29) is 11.3 Å². The summed E-state index contributed by atoms with van der Waals surface area (Å²) in [6, 6.07) is 2.75. The Labute approximate surface area is 120 Å². The van der Waals surface area contributed by atoms with E-state index in [1.54, 1.807) is 6.92 Å². The van der Waals surface area contributed by atoms with Crippen LogP contribution in [0.5, 0.6) is 0 Å². The number of anilines is 1. The van der Waals surface area contributed by atoms with Crippen molar-refractivity contribution >= 4 is 23.6 Å². The first-order valence-electron chi connectivity index (χ1n) is 6.19. The molecule has 0 spiro atoms. The van der Waals surface area contributed by atoms with Gasteiger partial charge in [0.2, 0.25) is 0 Å². The largest absolute Gasteiger partial charge is 0.449 e. The van der Waals surface area contributed by atoms with E-state index in [9.17, 15) is 18.8 Å². The molecule has 0 heterocycles. The molecule has 1 atom stereocenters. The van der Waals surface area contributed by atoms with E-state index in [4.69, 9.17) is 10.5 Å². The second-order valence-corrected chi connectivity index (χ2v) is 4.14. The van der Waals surface area contributed by atoms with Crippen LogP contribution < -0.4 is 16.4 Å². The third-order valence-corrected chi connectivity index (χ3v) is 2.44. The molecule has 0 aromatic heterocycles. The topological polar surface area (TPSA) is 111 Å². The zero-order chi connectivity index (χ0) is 16.0. The number of urea groups is 1. The Morgan fingerprint density at radius 2 is 2.05 bits per heavy atom. The number of ether oxygens (including phenoxy) is 1. The van der Waals surface area contributed by atoms with Gasteiger partial charge in [0, 0.05) is 12.2 Å². The van der Waals surface area contributed by atoms with E-state index in [1.807, 2.05) is 5.32 Å². The molecular weight excluding hydrogens is 281 g/mol. The minimum atomic E-state index is -1.25. The van der Waals surface area contributed by atoms with E-state index in [0.29, 0.717) is 6.54 Å². The molecule has 0 aliphatic heterocycles. The van der Waals surface area contributed by atoms with Crippen LogP contribution in [0.2, 0.25) is 0 Å². The molecule has 0 fully saturated rings. The van der Waals surface area contributed by atoms with Crippen molar-refractivity contribution in [3.8, 4) is 0 Å². The number of halogens is 1. The number of imide groups is 1. The smallest absolute Gasteiger partial charge is 0.341 e. The number of esters is 1. The fourth-order valence-electron chi connectivity index (χ4n) is 1.39. The minimum absolute atomic E-state index is 0.158. The van der Waals surface area contributed by atoms with Gasteiger partial charge in [0.25, 0.3) is 5.91 Å². The van der Waals surface area contributed by atoms with Crippen molar-refractivity contribution in [3.63, 3.8) is 0 Å². The molecule has 0 radical (unpaired) electrons. The van der Waals surface area contributed by atoms with Gasteiger partial charge in [-0.25, -0.2) is 14.0 Å². The van der Waals surface area contributed by atoms with Crippen molar-refractivity contribution < 1.29 is 23.5 Å². The Bertz CT molecular complexity index is 562. The lowest BCUT2D eigenvalue weighted by atomic mass is 10.2. The molecule has 1 rings (SSSR count). The summed E-state index contributed by atoms with van der Waals surface area (Å²) < 4.78 is 18.3. The average molecular weight is 297 g/mol. The first-order chi connectivity index (χ1) is 9.85. The van der Waals surface area contributed by atoms with Gasteiger partial charge in [-0.05, 0) is 32.0 Å². The van der Waals surface area contributed by atoms with E-state index in [0.717, 1.165) is 12.1 Å². The van der Waals surface area contributed by atoms with Crippen LogP contribution in [0.3, 0.4) is 0 Å². The number of benzene rings is 1. The number of nitrogen functional groups attached to an aromatic ring is 1. The number of hydrogen-bond donors (Lipinski definition) is 3.